The van der Waals surface area contributed by atoms with Gasteiger partial charge >= 0.3 is 0 Å². The monoisotopic (exact) mass is 304 g/mol. The van der Waals surface area contributed by atoms with Gasteiger partial charge in [0.15, 0.2) is 5.16 Å². The number of carbonyl (C=O) groups excluding carboxylic acids is 1. The highest BCUT2D eigenvalue weighted by atomic mass is 32.2. The Kier molecular flexibility index (Phi) is 5.38. The Labute approximate surface area is 129 Å². The van der Waals surface area contributed by atoms with Gasteiger partial charge in [0, 0.05) is 18.8 Å². The van der Waals surface area contributed by atoms with E-state index < -0.39 is 0 Å². The third-order valence-corrected chi connectivity index (χ3v) is 4.30. The van der Waals surface area contributed by atoms with Crippen LogP contribution in [0.4, 0.5) is 0 Å². The summed E-state index contributed by atoms with van der Waals surface area (Å²) in [5.41, 5.74) is 0.993. The van der Waals surface area contributed by atoms with Gasteiger partial charge in [-0.3, -0.25) is 9.36 Å². The van der Waals surface area contributed by atoms with Crippen LogP contribution in [0.1, 0.15) is 20.8 Å². The largest absolute Gasteiger partial charge is 0.342 e. The summed E-state index contributed by atoms with van der Waals surface area (Å²) < 4.78 is 1.90. The molecule has 0 spiro atoms. The van der Waals surface area contributed by atoms with Crippen molar-refractivity contribution in [1.29, 1.82) is 0 Å². The van der Waals surface area contributed by atoms with Crippen molar-refractivity contribution in [3.05, 3.63) is 36.7 Å². The van der Waals surface area contributed by atoms with Crippen LogP contribution in [0.5, 0.6) is 0 Å². The minimum absolute atomic E-state index is 0.132. The summed E-state index contributed by atoms with van der Waals surface area (Å²) in [6.07, 6.45) is 1.67. The van der Waals surface area contributed by atoms with Gasteiger partial charge in [-0.1, -0.05) is 30.0 Å². The predicted octanol–water partition coefficient (Wildman–Crippen LogP) is 2.62. The van der Waals surface area contributed by atoms with Gasteiger partial charge in [-0.15, -0.1) is 10.2 Å². The zero-order valence-electron chi connectivity index (χ0n) is 12.6. The average Bonchev–Trinajstić information content (AvgIpc) is 2.97. The quantitative estimate of drug-likeness (QED) is 0.770. The van der Waals surface area contributed by atoms with Gasteiger partial charge in [0.2, 0.25) is 5.91 Å². The summed E-state index contributed by atoms with van der Waals surface area (Å²) in [5, 5.41) is 8.64. The molecule has 2 aromatic rings. The molecule has 0 aliphatic carbocycles. The molecule has 0 aliphatic rings. The Hall–Kier alpha value is -1.82. The Morgan fingerprint density at radius 1 is 1.29 bits per heavy atom. The van der Waals surface area contributed by atoms with Crippen molar-refractivity contribution in [2.24, 2.45) is 0 Å². The molecule has 1 amide bonds. The molecule has 2 rings (SSSR count). The van der Waals surface area contributed by atoms with Crippen molar-refractivity contribution in [1.82, 2.24) is 19.7 Å². The fourth-order valence-corrected chi connectivity index (χ4v) is 3.00. The van der Waals surface area contributed by atoms with Crippen LogP contribution in [0.25, 0.3) is 5.69 Å². The van der Waals surface area contributed by atoms with Crippen LogP contribution in [-0.2, 0) is 4.79 Å². The van der Waals surface area contributed by atoms with Crippen LogP contribution in [0.3, 0.4) is 0 Å². The fourth-order valence-electron chi connectivity index (χ4n) is 2.07. The van der Waals surface area contributed by atoms with Gasteiger partial charge in [-0.25, -0.2) is 0 Å². The van der Waals surface area contributed by atoms with E-state index in [1.165, 1.54) is 11.8 Å². The molecule has 0 radical (unpaired) electrons. The first-order valence-corrected chi connectivity index (χ1v) is 7.96. The molecule has 0 fully saturated rings. The average molecular weight is 304 g/mol. The lowest BCUT2D eigenvalue weighted by Crippen LogP contribution is -2.36. The number of hydrogen-bond acceptors (Lipinski definition) is 4. The van der Waals surface area contributed by atoms with E-state index in [9.17, 15) is 4.79 Å². The molecule has 5 nitrogen and oxygen atoms in total. The number of amides is 1. The molecular formula is C15H20N4OS. The molecular weight excluding hydrogens is 284 g/mol. The molecule has 0 bridgehead atoms. The number of carbonyl (C=O) groups is 1. The molecule has 0 saturated carbocycles. The molecule has 0 aliphatic heterocycles. The van der Waals surface area contributed by atoms with Crippen molar-refractivity contribution in [2.75, 3.05) is 13.1 Å². The molecule has 1 atom stereocenters. The van der Waals surface area contributed by atoms with Crippen LogP contribution in [0.2, 0.25) is 0 Å². The highest BCUT2D eigenvalue weighted by Gasteiger charge is 2.21. The second kappa shape index (κ2) is 7.26. The van der Waals surface area contributed by atoms with E-state index in [-0.39, 0.29) is 11.2 Å². The third kappa shape index (κ3) is 3.64. The van der Waals surface area contributed by atoms with Gasteiger partial charge in [0.25, 0.3) is 0 Å². The molecule has 6 heteroatoms. The number of aromatic nitrogens is 3. The number of benzene rings is 1. The van der Waals surface area contributed by atoms with Gasteiger partial charge in [-0.2, -0.15) is 0 Å². The second-order valence-corrected chi connectivity index (χ2v) is 5.90. The molecule has 1 aromatic heterocycles. The lowest BCUT2D eigenvalue weighted by atomic mass is 10.3. The van der Waals surface area contributed by atoms with Crippen LogP contribution in [0, 0.1) is 0 Å². The van der Waals surface area contributed by atoms with Gasteiger partial charge in [0.1, 0.15) is 6.33 Å². The van der Waals surface area contributed by atoms with Crippen molar-refractivity contribution in [3.8, 4) is 5.69 Å². The maximum atomic E-state index is 12.3. The van der Waals surface area contributed by atoms with Gasteiger partial charge in [-0.05, 0) is 32.9 Å². The summed E-state index contributed by atoms with van der Waals surface area (Å²) >= 11 is 1.44. The van der Waals surface area contributed by atoms with Crippen molar-refractivity contribution in [2.45, 2.75) is 31.2 Å². The standard InChI is InChI=1S/C15H20N4OS/c1-4-18(5-2)14(20)12(3)21-15-17-16-11-19(15)13-9-7-6-8-10-13/h6-12H,4-5H2,1-3H3. The summed E-state index contributed by atoms with van der Waals surface area (Å²) in [7, 11) is 0. The zero-order valence-corrected chi connectivity index (χ0v) is 13.4. The van der Waals surface area contributed by atoms with Gasteiger partial charge in [0.05, 0.1) is 5.25 Å². The van der Waals surface area contributed by atoms with Crippen LogP contribution in [-0.4, -0.2) is 43.9 Å². The number of thioether (sulfide) groups is 1. The SMILES string of the molecule is CCN(CC)C(=O)C(C)Sc1nncn1-c1ccccc1. The van der Waals surface area contributed by atoms with Crippen LogP contribution < -0.4 is 0 Å². The summed E-state index contributed by atoms with van der Waals surface area (Å²) in [6.45, 7) is 7.35. The Balaban J connectivity index is 2.14. The van der Waals surface area contributed by atoms with E-state index in [1.807, 2.05) is 60.6 Å². The number of nitrogens with zero attached hydrogens (tertiary/aromatic N) is 4. The van der Waals surface area contributed by atoms with E-state index >= 15 is 0 Å². The lowest BCUT2D eigenvalue weighted by molar-refractivity contribution is -0.129. The number of rotatable bonds is 6. The highest BCUT2D eigenvalue weighted by molar-refractivity contribution is 8.00. The zero-order chi connectivity index (χ0) is 15.2. The lowest BCUT2D eigenvalue weighted by Gasteiger charge is -2.22. The highest BCUT2D eigenvalue weighted by Crippen LogP contribution is 2.24. The first-order valence-electron chi connectivity index (χ1n) is 7.08. The summed E-state index contributed by atoms with van der Waals surface area (Å²) in [6, 6.07) is 9.88. The van der Waals surface area contributed by atoms with E-state index in [4.69, 9.17) is 0 Å². The van der Waals surface area contributed by atoms with Crippen molar-refractivity contribution >= 4 is 17.7 Å². The minimum Gasteiger partial charge on any atom is -0.342 e. The molecule has 112 valence electrons. The smallest absolute Gasteiger partial charge is 0.235 e. The Bertz CT molecular complexity index is 580. The number of para-hydroxylation sites is 1. The molecule has 1 unspecified atom stereocenters. The third-order valence-electron chi connectivity index (χ3n) is 3.26. The second-order valence-electron chi connectivity index (χ2n) is 4.59. The molecule has 1 aromatic carbocycles. The topological polar surface area (TPSA) is 51.0 Å². The molecule has 0 saturated heterocycles. The summed E-state index contributed by atoms with van der Waals surface area (Å²) in [5.74, 6) is 0.132. The molecule has 0 N–H and O–H groups in total. The van der Waals surface area contributed by atoms with Crippen LogP contribution >= 0.6 is 11.8 Å². The first-order chi connectivity index (χ1) is 10.2. The number of hydrogen-bond donors (Lipinski definition) is 0. The fraction of sp³-hybridized carbons (Fsp3) is 0.400. The van der Waals surface area contributed by atoms with Crippen molar-refractivity contribution in [3.63, 3.8) is 0 Å². The van der Waals surface area contributed by atoms with E-state index in [0.29, 0.717) is 0 Å². The molecule has 1 heterocycles. The molecule has 21 heavy (non-hydrogen) atoms. The minimum atomic E-state index is -0.184. The van der Waals surface area contributed by atoms with Crippen molar-refractivity contribution < 1.29 is 4.79 Å². The van der Waals surface area contributed by atoms with Gasteiger partial charge < -0.3 is 4.90 Å². The summed E-state index contributed by atoms with van der Waals surface area (Å²) in [4.78, 5) is 14.2. The van der Waals surface area contributed by atoms with E-state index in [2.05, 4.69) is 10.2 Å². The predicted molar refractivity (Wildman–Crippen MR) is 84.6 cm³/mol. The first kappa shape index (κ1) is 15.6. The van der Waals surface area contributed by atoms with E-state index in [1.54, 1.807) is 6.33 Å². The van der Waals surface area contributed by atoms with Crippen LogP contribution in [0.15, 0.2) is 41.8 Å². The maximum Gasteiger partial charge on any atom is 0.235 e. The Morgan fingerprint density at radius 2 is 1.95 bits per heavy atom. The van der Waals surface area contributed by atoms with E-state index in [0.717, 1.165) is 23.9 Å². The normalized spacial score (nSPS) is 12.1. The maximum absolute atomic E-state index is 12.3. The Morgan fingerprint density at radius 3 is 2.57 bits per heavy atom.